The highest BCUT2D eigenvalue weighted by molar-refractivity contribution is 5.43. The van der Waals surface area contributed by atoms with Crippen LogP contribution in [0.1, 0.15) is 20.3 Å². The van der Waals surface area contributed by atoms with Gasteiger partial charge in [0.1, 0.15) is 0 Å². The number of rotatable bonds is 2. The van der Waals surface area contributed by atoms with E-state index >= 15 is 0 Å². The highest BCUT2D eigenvalue weighted by Crippen LogP contribution is 2.42. The van der Waals surface area contributed by atoms with Crippen LogP contribution in [0.25, 0.3) is 0 Å². The Morgan fingerprint density at radius 1 is 1.60 bits per heavy atom. The predicted molar refractivity (Wildman–Crippen MR) is 56.0 cm³/mol. The molecule has 1 saturated carbocycles. The summed E-state index contributed by atoms with van der Waals surface area (Å²) < 4.78 is 12.8. The van der Waals surface area contributed by atoms with Crippen LogP contribution in [-0.4, -0.2) is 22.2 Å². The van der Waals surface area contributed by atoms with Crippen molar-refractivity contribution in [2.45, 2.75) is 32.4 Å². The van der Waals surface area contributed by atoms with E-state index in [1.54, 1.807) is 6.07 Å². The van der Waals surface area contributed by atoms with Gasteiger partial charge in [0, 0.05) is 29.4 Å². The molecule has 0 bridgehead atoms. The second kappa shape index (κ2) is 3.45. The fraction of sp³-hybridized carbons (Fsp3) is 0.545. The van der Waals surface area contributed by atoms with Crippen LogP contribution >= 0.6 is 0 Å². The first kappa shape index (κ1) is 10.4. The summed E-state index contributed by atoms with van der Waals surface area (Å²) in [5, 5.41) is 12.8. The molecule has 4 heteroatoms. The van der Waals surface area contributed by atoms with Gasteiger partial charge in [-0.1, -0.05) is 13.8 Å². The average molecular weight is 210 g/mol. The van der Waals surface area contributed by atoms with Gasteiger partial charge >= 0.3 is 0 Å². The lowest BCUT2D eigenvalue weighted by Crippen LogP contribution is -2.56. The highest BCUT2D eigenvalue weighted by Gasteiger charge is 2.47. The molecule has 3 nitrogen and oxygen atoms in total. The van der Waals surface area contributed by atoms with Gasteiger partial charge in [-0.3, -0.25) is 0 Å². The highest BCUT2D eigenvalue weighted by atomic mass is 19.1. The van der Waals surface area contributed by atoms with Crippen molar-refractivity contribution in [3.63, 3.8) is 0 Å². The van der Waals surface area contributed by atoms with Crippen LogP contribution in [0.5, 0.6) is 0 Å². The fourth-order valence-corrected chi connectivity index (χ4v) is 1.84. The molecule has 82 valence electrons. The smallest absolute Gasteiger partial charge is 0.214 e. The van der Waals surface area contributed by atoms with E-state index in [-0.39, 0.29) is 17.6 Å². The zero-order valence-electron chi connectivity index (χ0n) is 8.87. The number of pyridine rings is 1. The van der Waals surface area contributed by atoms with Crippen molar-refractivity contribution in [3.8, 4) is 0 Å². The van der Waals surface area contributed by atoms with Gasteiger partial charge in [0.15, 0.2) is 0 Å². The molecule has 0 spiro atoms. The number of anilines is 1. The summed E-state index contributed by atoms with van der Waals surface area (Å²) in [7, 11) is 0. The first-order chi connectivity index (χ1) is 7.00. The predicted octanol–water partition coefficient (Wildman–Crippen LogP) is 1.79. The molecule has 0 radical (unpaired) electrons. The molecule has 1 heterocycles. The largest absolute Gasteiger partial charge is 0.392 e. The van der Waals surface area contributed by atoms with E-state index in [1.165, 1.54) is 12.3 Å². The lowest BCUT2D eigenvalue weighted by Gasteiger charge is -2.49. The molecular formula is C11H15FN2O. The van der Waals surface area contributed by atoms with Gasteiger partial charge in [0.2, 0.25) is 5.95 Å². The number of aliphatic hydroxyl groups excluding tert-OH is 1. The van der Waals surface area contributed by atoms with Crippen LogP contribution in [0.2, 0.25) is 0 Å². The third kappa shape index (κ3) is 1.81. The molecule has 2 unspecified atom stereocenters. The summed E-state index contributed by atoms with van der Waals surface area (Å²) in [5.41, 5.74) is 0.562. The van der Waals surface area contributed by atoms with Crippen LogP contribution in [-0.2, 0) is 0 Å². The molecule has 2 N–H and O–H groups in total. The van der Waals surface area contributed by atoms with Crippen molar-refractivity contribution in [1.82, 2.24) is 4.98 Å². The Morgan fingerprint density at radius 2 is 2.33 bits per heavy atom. The van der Waals surface area contributed by atoms with E-state index < -0.39 is 5.95 Å². The minimum atomic E-state index is -0.488. The maximum Gasteiger partial charge on any atom is 0.214 e. The summed E-state index contributed by atoms with van der Waals surface area (Å²) in [5.74, 6) is -0.488. The van der Waals surface area contributed by atoms with Gasteiger partial charge in [0.25, 0.3) is 0 Å². The molecule has 1 aromatic rings. The van der Waals surface area contributed by atoms with E-state index in [0.717, 1.165) is 0 Å². The zero-order valence-corrected chi connectivity index (χ0v) is 8.87. The molecule has 0 aliphatic heterocycles. The Balaban J connectivity index is 2.05. The summed E-state index contributed by atoms with van der Waals surface area (Å²) in [6.07, 6.45) is 1.86. The number of hydrogen-bond donors (Lipinski definition) is 2. The molecule has 2 rings (SSSR count). The summed E-state index contributed by atoms with van der Waals surface area (Å²) in [6.45, 7) is 3.99. The molecule has 1 fully saturated rings. The monoisotopic (exact) mass is 210 g/mol. The van der Waals surface area contributed by atoms with Crippen LogP contribution in [0, 0.1) is 11.4 Å². The number of nitrogens with one attached hydrogen (secondary N) is 1. The molecular weight excluding hydrogens is 195 g/mol. The van der Waals surface area contributed by atoms with Gasteiger partial charge in [-0.25, -0.2) is 4.98 Å². The standard InChI is InChI=1S/C11H15FN2O/c1-11(2)8(6-9(11)15)14-7-3-4-13-10(12)5-7/h3-5,8-9,15H,6H2,1-2H3,(H,13,14). The van der Waals surface area contributed by atoms with E-state index in [4.69, 9.17) is 0 Å². The Hall–Kier alpha value is -1.16. The first-order valence-electron chi connectivity index (χ1n) is 5.06. The van der Waals surface area contributed by atoms with E-state index in [2.05, 4.69) is 10.3 Å². The van der Waals surface area contributed by atoms with Crippen LogP contribution in [0.3, 0.4) is 0 Å². The van der Waals surface area contributed by atoms with Crippen LogP contribution in [0.15, 0.2) is 18.3 Å². The van der Waals surface area contributed by atoms with Gasteiger partial charge in [-0.2, -0.15) is 4.39 Å². The third-order valence-electron chi connectivity index (χ3n) is 3.28. The van der Waals surface area contributed by atoms with Gasteiger partial charge in [-0.15, -0.1) is 0 Å². The van der Waals surface area contributed by atoms with Crippen LogP contribution in [0.4, 0.5) is 10.1 Å². The second-order valence-corrected chi connectivity index (χ2v) is 4.64. The lowest BCUT2D eigenvalue weighted by molar-refractivity contribution is -0.0510. The van der Waals surface area contributed by atoms with E-state index in [1.807, 2.05) is 13.8 Å². The first-order valence-corrected chi connectivity index (χ1v) is 5.06. The Morgan fingerprint density at radius 3 is 2.87 bits per heavy atom. The Bertz CT molecular complexity index is 367. The summed E-state index contributed by atoms with van der Waals surface area (Å²) in [6, 6.07) is 3.28. The molecule has 15 heavy (non-hydrogen) atoms. The normalized spacial score (nSPS) is 28.3. The summed E-state index contributed by atoms with van der Waals surface area (Å²) >= 11 is 0. The number of aliphatic hydroxyl groups is 1. The molecule has 1 aliphatic rings. The van der Waals surface area contributed by atoms with Crippen molar-refractivity contribution in [3.05, 3.63) is 24.3 Å². The maximum absolute atomic E-state index is 12.8. The van der Waals surface area contributed by atoms with Gasteiger partial charge in [0.05, 0.1) is 6.10 Å². The molecule has 1 aromatic heterocycles. The van der Waals surface area contributed by atoms with Crippen LogP contribution < -0.4 is 5.32 Å². The van der Waals surface area contributed by atoms with Gasteiger partial charge in [-0.05, 0) is 12.5 Å². The third-order valence-corrected chi connectivity index (χ3v) is 3.28. The fourth-order valence-electron chi connectivity index (χ4n) is 1.84. The number of halogens is 1. The van der Waals surface area contributed by atoms with Gasteiger partial charge < -0.3 is 10.4 Å². The molecule has 2 atom stereocenters. The average Bonchev–Trinajstić information content (AvgIpc) is 2.17. The molecule has 0 aromatic carbocycles. The topological polar surface area (TPSA) is 45.1 Å². The molecule has 0 amide bonds. The summed E-state index contributed by atoms with van der Waals surface area (Å²) in [4.78, 5) is 3.49. The van der Waals surface area contributed by atoms with Crippen molar-refractivity contribution >= 4 is 5.69 Å². The lowest BCUT2D eigenvalue weighted by atomic mass is 9.64. The minimum Gasteiger partial charge on any atom is -0.392 e. The van der Waals surface area contributed by atoms with E-state index in [9.17, 15) is 9.50 Å². The van der Waals surface area contributed by atoms with Crippen molar-refractivity contribution in [1.29, 1.82) is 0 Å². The molecule has 0 saturated heterocycles. The zero-order chi connectivity index (χ0) is 11.1. The SMILES string of the molecule is CC1(C)C(O)CC1Nc1ccnc(F)c1. The Labute approximate surface area is 88.3 Å². The molecule has 1 aliphatic carbocycles. The van der Waals surface area contributed by atoms with E-state index in [0.29, 0.717) is 12.1 Å². The number of nitrogens with zero attached hydrogens (tertiary/aromatic N) is 1. The Kier molecular flexibility index (Phi) is 2.38. The second-order valence-electron chi connectivity index (χ2n) is 4.64. The van der Waals surface area contributed by atoms with Crippen molar-refractivity contribution in [2.75, 3.05) is 5.32 Å². The maximum atomic E-state index is 12.8. The minimum absolute atomic E-state index is 0.153. The van der Waals surface area contributed by atoms with Crippen molar-refractivity contribution in [2.24, 2.45) is 5.41 Å². The number of aromatic nitrogens is 1. The quantitative estimate of drug-likeness (QED) is 0.731. The van der Waals surface area contributed by atoms with Crippen molar-refractivity contribution < 1.29 is 9.50 Å². The number of hydrogen-bond acceptors (Lipinski definition) is 3.